The third-order valence-corrected chi connectivity index (χ3v) is 1.52. The molecule has 1 unspecified atom stereocenters. The monoisotopic (exact) mass is 168 g/mol. The van der Waals surface area contributed by atoms with E-state index >= 15 is 0 Å². The van der Waals surface area contributed by atoms with Crippen molar-refractivity contribution in [3.8, 4) is 0 Å². The van der Waals surface area contributed by atoms with Crippen LogP contribution in [0, 0.1) is 15.5 Å². The molecule has 0 aliphatic heterocycles. The average molecular weight is 168 g/mol. The standard InChI is InChI=1S/C7H8N2O3/c1-5(9(10)11)7(8)6-3-2-4-12-6/h2-5,8H,1H3. The summed E-state index contributed by atoms with van der Waals surface area (Å²) in [5.74, 6) is 0.249. The molecule has 1 atom stereocenters. The molecule has 12 heavy (non-hydrogen) atoms. The molecule has 1 heterocycles. The zero-order chi connectivity index (χ0) is 9.14. The lowest BCUT2D eigenvalue weighted by molar-refractivity contribution is -0.498. The van der Waals surface area contributed by atoms with Crippen LogP contribution in [-0.2, 0) is 0 Å². The van der Waals surface area contributed by atoms with Crippen LogP contribution in [-0.4, -0.2) is 16.7 Å². The molecule has 1 N–H and O–H groups in total. The number of rotatable bonds is 3. The van der Waals surface area contributed by atoms with Gasteiger partial charge in [0.15, 0.2) is 5.76 Å². The topological polar surface area (TPSA) is 80.1 Å². The highest BCUT2D eigenvalue weighted by molar-refractivity contribution is 5.98. The molecule has 0 aliphatic carbocycles. The van der Waals surface area contributed by atoms with Crippen molar-refractivity contribution in [1.82, 2.24) is 0 Å². The van der Waals surface area contributed by atoms with E-state index in [-0.39, 0.29) is 11.5 Å². The first-order chi connectivity index (χ1) is 5.63. The lowest BCUT2D eigenvalue weighted by atomic mass is 10.2. The minimum atomic E-state index is -1.02. The Morgan fingerprint density at radius 2 is 2.50 bits per heavy atom. The zero-order valence-electron chi connectivity index (χ0n) is 6.48. The van der Waals surface area contributed by atoms with Crippen molar-refractivity contribution in [2.24, 2.45) is 0 Å². The fraction of sp³-hybridized carbons (Fsp3) is 0.286. The summed E-state index contributed by atoms with van der Waals surface area (Å²) in [6.45, 7) is 1.35. The molecule has 0 radical (unpaired) electrons. The highest BCUT2D eigenvalue weighted by atomic mass is 16.6. The van der Waals surface area contributed by atoms with E-state index in [2.05, 4.69) is 0 Å². The summed E-state index contributed by atoms with van der Waals surface area (Å²) in [5, 5.41) is 17.6. The zero-order valence-corrected chi connectivity index (χ0v) is 6.48. The molecule has 5 heteroatoms. The molecule has 0 saturated carbocycles. The number of nitro groups is 1. The van der Waals surface area contributed by atoms with Gasteiger partial charge in [-0.3, -0.25) is 15.5 Å². The van der Waals surface area contributed by atoms with Gasteiger partial charge in [-0.15, -0.1) is 0 Å². The number of furan rings is 1. The van der Waals surface area contributed by atoms with Crippen LogP contribution in [0.5, 0.6) is 0 Å². The summed E-state index contributed by atoms with van der Waals surface area (Å²) in [6, 6.07) is 2.11. The van der Waals surface area contributed by atoms with E-state index in [4.69, 9.17) is 9.83 Å². The third kappa shape index (κ3) is 1.50. The summed E-state index contributed by atoms with van der Waals surface area (Å²) >= 11 is 0. The average Bonchev–Trinajstić information content (AvgIpc) is 2.53. The molecule has 1 rings (SSSR count). The summed E-state index contributed by atoms with van der Waals surface area (Å²) in [4.78, 5) is 9.74. The van der Waals surface area contributed by atoms with Gasteiger partial charge in [0, 0.05) is 11.8 Å². The molecule has 64 valence electrons. The molecule has 1 aromatic heterocycles. The molecular formula is C7H8N2O3. The van der Waals surface area contributed by atoms with Gasteiger partial charge in [0.2, 0.25) is 0 Å². The van der Waals surface area contributed by atoms with E-state index in [1.165, 1.54) is 19.3 Å². The Kier molecular flexibility index (Phi) is 2.23. The van der Waals surface area contributed by atoms with Crippen molar-refractivity contribution in [1.29, 1.82) is 5.41 Å². The molecule has 0 spiro atoms. The summed E-state index contributed by atoms with van der Waals surface area (Å²) in [6.07, 6.45) is 1.39. The van der Waals surface area contributed by atoms with Crippen LogP contribution in [0.4, 0.5) is 0 Å². The van der Waals surface area contributed by atoms with E-state index in [1.807, 2.05) is 0 Å². The van der Waals surface area contributed by atoms with Crippen molar-refractivity contribution in [3.63, 3.8) is 0 Å². The predicted octanol–water partition coefficient (Wildman–Crippen LogP) is 1.31. The normalized spacial score (nSPS) is 12.4. The van der Waals surface area contributed by atoms with Crippen molar-refractivity contribution >= 4 is 5.71 Å². The molecule has 0 saturated heterocycles. The Morgan fingerprint density at radius 1 is 1.83 bits per heavy atom. The number of hydrogen-bond acceptors (Lipinski definition) is 4. The highest BCUT2D eigenvalue weighted by Crippen LogP contribution is 2.05. The fourth-order valence-corrected chi connectivity index (χ4v) is 0.743. The van der Waals surface area contributed by atoms with Crippen LogP contribution in [0.15, 0.2) is 22.8 Å². The second-order valence-electron chi connectivity index (χ2n) is 2.35. The van der Waals surface area contributed by atoms with E-state index in [1.54, 1.807) is 6.07 Å². The predicted molar refractivity (Wildman–Crippen MR) is 42.0 cm³/mol. The van der Waals surface area contributed by atoms with E-state index < -0.39 is 11.0 Å². The van der Waals surface area contributed by atoms with Crippen LogP contribution >= 0.6 is 0 Å². The lowest BCUT2D eigenvalue weighted by Gasteiger charge is -2.01. The Bertz CT molecular complexity index is 292. The first kappa shape index (κ1) is 8.45. The number of hydrogen-bond donors (Lipinski definition) is 1. The van der Waals surface area contributed by atoms with Crippen LogP contribution in [0.3, 0.4) is 0 Å². The minimum Gasteiger partial charge on any atom is -0.463 e. The number of nitrogens with one attached hydrogen (secondary N) is 1. The summed E-state index contributed by atoms with van der Waals surface area (Å²) < 4.78 is 4.84. The van der Waals surface area contributed by atoms with E-state index in [9.17, 15) is 10.1 Å². The molecule has 1 aromatic rings. The second-order valence-corrected chi connectivity index (χ2v) is 2.35. The van der Waals surface area contributed by atoms with Gasteiger partial charge < -0.3 is 4.42 Å². The van der Waals surface area contributed by atoms with Gasteiger partial charge in [-0.1, -0.05) is 0 Å². The maximum absolute atomic E-state index is 10.3. The van der Waals surface area contributed by atoms with E-state index in [0.717, 1.165) is 0 Å². The van der Waals surface area contributed by atoms with Gasteiger partial charge in [0.05, 0.1) is 6.26 Å². The fourth-order valence-electron chi connectivity index (χ4n) is 0.743. The lowest BCUT2D eigenvalue weighted by Crippen LogP contribution is -2.25. The molecule has 0 aromatic carbocycles. The molecular weight excluding hydrogens is 160 g/mol. The SMILES string of the molecule is CC(C(=N)c1ccco1)[N+](=O)[O-]. The van der Waals surface area contributed by atoms with E-state index in [0.29, 0.717) is 0 Å². The van der Waals surface area contributed by atoms with Gasteiger partial charge in [-0.25, -0.2) is 0 Å². The van der Waals surface area contributed by atoms with Gasteiger partial charge in [0.1, 0.15) is 5.71 Å². The van der Waals surface area contributed by atoms with Crippen LogP contribution in [0.25, 0.3) is 0 Å². The van der Waals surface area contributed by atoms with Gasteiger partial charge in [-0.05, 0) is 12.1 Å². The first-order valence-corrected chi connectivity index (χ1v) is 3.38. The quantitative estimate of drug-likeness (QED) is 0.419. The van der Waals surface area contributed by atoms with Gasteiger partial charge >= 0.3 is 0 Å². The summed E-state index contributed by atoms with van der Waals surface area (Å²) in [5.41, 5.74) is -0.106. The van der Waals surface area contributed by atoms with Crippen molar-refractivity contribution in [2.45, 2.75) is 13.0 Å². The summed E-state index contributed by atoms with van der Waals surface area (Å²) in [7, 11) is 0. The first-order valence-electron chi connectivity index (χ1n) is 3.38. The smallest absolute Gasteiger partial charge is 0.254 e. The highest BCUT2D eigenvalue weighted by Gasteiger charge is 2.22. The Labute approximate surface area is 68.7 Å². The van der Waals surface area contributed by atoms with Crippen molar-refractivity contribution in [2.75, 3.05) is 0 Å². The molecule has 0 fully saturated rings. The van der Waals surface area contributed by atoms with Crippen molar-refractivity contribution < 1.29 is 9.34 Å². The molecule has 0 bridgehead atoms. The Hall–Kier alpha value is -1.65. The molecule has 0 aliphatic rings. The number of nitrogens with zero attached hydrogens (tertiary/aromatic N) is 1. The Balaban J connectivity index is 2.79. The van der Waals surface area contributed by atoms with Crippen LogP contribution in [0.2, 0.25) is 0 Å². The maximum atomic E-state index is 10.3. The largest absolute Gasteiger partial charge is 0.463 e. The minimum absolute atomic E-state index is 0.106. The van der Waals surface area contributed by atoms with Gasteiger partial charge in [-0.2, -0.15) is 0 Å². The van der Waals surface area contributed by atoms with Gasteiger partial charge in [0.25, 0.3) is 6.04 Å². The third-order valence-electron chi connectivity index (χ3n) is 1.52. The second kappa shape index (κ2) is 3.17. The van der Waals surface area contributed by atoms with Crippen LogP contribution < -0.4 is 0 Å². The van der Waals surface area contributed by atoms with Crippen molar-refractivity contribution in [3.05, 3.63) is 34.3 Å². The van der Waals surface area contributed by atoms with Crippen LogP contribution in [0.1, 0.15) is 12.7 Å². The maximum Gasteiger partial charge on any atom is 0.254 e. The Morgan fingerprint density at radius 3 is 2.92 bits per heavy atom. The molecule has 0 amide bonds. The molecule has 5 nitrogen and oxygen atoms in total.